The van der Waals surface area contributed by atoms with Crippen LogP contribution in [0.3, 0.4) is 0 Å². The number of ether oxygens (including phenoxy) is 1. The number of methoxy groups -OCH3 is 1. The van der Waals surface area contributed by atoms with Crippen molar-refractivity contribution in [2.24, 2.45) is 0 Å². The van der Waals surface area contributed by atoms with Gasteiger partial charge >= 0.3 is 0 Å². The number of nitrogens with zero attached hydrogens (tertiary/aromatic N) is 3. The van der Waals surface area contributed by atoms with Crippen LogP contribution in [0.5, 0.6) is 0 Å². The molecule has 28 heavy (non-hydrogen) atoms. The third kappa shape index (κ3) is 4.39. The Balaban J connectivity index is 1.70. The number of fused-ring (bicyclic) bond motifs is 1. The van der Waals surface area contributed by atoms with E-state index in [-0.39, 0.29) is 18.2 Å². The molecule has 0 aliphatic carbocycles. The van der Waals surface area contributed by atoms with Crippen LogP contribution in [0.15, 0.2) is 58.2 Å². The number of sulfonamides is 1. The second-order valence-corrected chi connectivity index (χ2v) is 7.49. The molecule has 2 N–H and O–H groups in total. The van der Waals surface area contributed by atoms with Gasteiger partial charge in [-0.2, -0.15) is 4.72 Å². The maximum atomic E-state index is 12.4. The van der Waals surface area contributed by atoms with E-state index in [2.05, 4.69) is 25.1 Å². The molecule has 0 aliphatic heterocycles. The normalized spacial score (nSPS) is 11.5. The van der Waals surface area contributed by atoms with Crippen LogP contribution in [0.25, 0.3) is 10.9 Å². The molecule has 3 aromatic rings. The van der Waals surface area contributed by atoms with E-state index in [0.29, 0.717) is 16.6 Å². The maximum Gasteiger partial charge on any atom is 0.278 e. The monoisotopic (exact) mass is 403 g/mol. The molecule has 1 aromatic heterocycles. The summed E-state index contributed by atoms with van der Waals surface area (Å²) in [5, 5.41) is 10.6. The second-order valence-electron chi connectivity index (χ2n) is 5.72. The lowest BCUT2D eigenvalue weighted by molar-refractivity contribution is -0.117. The Bertz CT molecular complexity index is 1160. The van der Waals surface area contributed by atoms with Gasteiger partial charge in [0.15, 0.2) is 0 Å². The summed E-state index contributed by atoms with van der Waals surface area (Å²) in [5.74, 6) is -0.500. The summed E-state index contributed by atoms with van der Waals surface area (Å²) < 4.78 is 31.9. The van der Waals surface area contributed by atoms with Crippen LogP contribution in [0.4, 0.5) is 5.69 Å². The van der Waals surface area contributed by atoms with Crippen LogP contribution in [0.1, 0.15) is 0 Å². The zero-order chi connectivity index (χ0) is 20.1. The zero-order valence-corrected chi connectivity index (χ0v) is 15.6. The van der Waals surface area contributed by atoms with Crippen molar-refractivity contribution < 1.29 is 17.9 Å². The Labute approximate surface area is 160 Å². The van der Waals surface area contributed by atoms with Crippen molar-refractivity contribution >= 4 is 32.5 Å². The Morgan fingerprint density at radius 1 is 1.14 bits per heavy atom. The minimum atomic E-state index is -3.69. The van der Waals surface area contributed by atoms with Crippen LogP contribution in [0.2, 0.25) is 0 Å². The highest BCUT2D eigenvalue weighted by Crippen LogP contribution is 2.14. The number of hydrogen-bond donors (Lipinski definition) is 2. The molecule has 0 radical (unpaired) electrons. The molecule has 1 amide bonds. The van der Waals surface area contributed by atoms with E-state index in [9.17, 15) is 18.0 Å². The number of nitrogens with one attached hydrogen (secondary N) is 2. The largest absolute Gasteiger partial charge is 0.369 e. The van der Waals surface area contributed by atoms with E-state index in [4.69, 9.17) is 0 Å². The lowest BCUT2D eigenvalue weighted by atomic mass is 10.2. The topological polar surface area (TPSA) is 132 Å². The van der Waals surface area contributed by atoms with Crippen molar-refractivity contribution in [3.8, 4) is 0 Å². The van der Waals surface area contributed by atoms with Crippen molar-refractivity contribution in [2.45, 2.75) is 11.4 Å². The number of aromatic nitrogens is 3. The van der Waals surface area contributed by atoms with Gasteiger partial charge in [0.05, 0.1) is 10.3 Å². The van der Waals surface area contributed by atoms with Gasteiger partial charge in [0.1, 0.15) is 18.8 Å². The molecule has 146 valence electrons. The first-order valence-electron chi connectivity index (χ1n) is 8.12. The van der Waals surface area contributed by atoms with E-state index in [1.165, 1.54) is 31.4 Å². The lowest BCUT2D eigenvalue weighted by Gasteiger charge is -2.09. The summed E-state index contributed by atoms with van der Waals surface area (Å²) in [6.07, 6.45) is 0. The number of carbonyl (C=O) groups is 1. The van der Waals surface area contributed by atoms with Gasteiger partial charge in [0.25, 0.3) is 5.56 Å². The van der Waals surface area contributed by atoms with Gasteiger partial charge in [-0.3, -0.25) is 9.59 Å². The molecule has 0 spiro atoms. The van der Waals surface area contributed by atoms with Crippen molar-refractivity contribution in [3.63, 3.8) is 0 Å². The van der Waals surface area contributed by atoms with Crippen LogP contribution in [-0.4, -0.2) is 43.2 Å². The summed E-state index contributed by atoms with van der Waals surface area (Å²) in [6, 6.07) is 12.3. The van der Waals surface area contributed by atoms with E-state index >= 15 is 0 Å². The van der Waals surface area contributed by atoms with Crippen LogP contribution in [-0.2, 0) is 26.1 Å². The predicted molar refractivity (Wildman–Crippen MR) is 101 cm³/mol. The zero-order valence-electron chi connectivity index (χ0n) is 14.8. The highest BCUT2D eigenvalue weighted by atomic mass is 32.2. The van der Waals surface area contributed by atoms with E-state index in [1.54, 1.807) is 24.3 Å². The van der Waals surface area contributed by atoms with Crippen molar-refractivity contribution in [3.05, 3.63) is 58.9 Å². The molecule has 0 fully saturated rings. The van der Waals surface area contributed by atoms with Gasteiger partial charge in [0.2, 0.25) is 15.9 Å². The molecule has 0 atom stereocenters. The quantitative estimate of drug-likeness (QED) is 0.543. The van der Waals surface area contributed by atoms with Gasteiger partial charge in [-0.1, -0.05) is 17.3 Å². The van der Waals surface area contributed by atoms with Gasteiger partial charge < -0.3 is 10.1 Å². The summed E-state index contributed by atoms with van der Waals surface area (Å²) in [6.45, 7) is -0.478. The molecule has 2 aromatic carbocycles. The van der Waals surface area contributed by atoms with Gasteiger partial charge in [-0.25, -0.2) is 13.1 Å². The van der Waals surface area contributed by atoms with Crippen molar-refractivity contribution in [2.75, 3.05) is 19.2 Å². The molecular weight excluding hydrogens is 386 g/mol. The molecule has 10 nitrogen and oxygen atoms in total. The number of carbonyl (C=O) groups excluding carboxylic acids is 1. The summed E-state index contributed by atoms with van der Waals surface area (Å²) in [4.78, 5) is 24.6. The fourth-order valence-electron chi connectivity index (χ4n) is 2.40. The predicted octanol–water partition coefficient (Wildman–Crippen LogP) is 0.312. The summed E-state index contributed by atoms with van der Waals surface area (Å²) in [7, 11) is -2.33. The maximum absolute atomic E-state index is 12.4. The molecule has 0 saturated heterocycles. The summed E-state index contributed by atoms with van der Waals surface area (Å²) in [5.41, 5.74) is 0.395. The molecule has 0 unspecified atom stereocenters. The highest BCUT2D eigenvalue weighted by molar-refractivity contribution is 7.89. The highest BCUT2D eigenvalue weighted by Gasteiger charge is 2.14. The fraction of sp³-hybridized carbons (Fsp3) is 0.176. The number of rotatable bonds is 7. The summed E-state index contributed by atoms with van der Waals surface area (Å²) >= 11 is 0. The smallest absolute Gasteiger partial charge is 0.278 e. The minimum Gasteiger partial charge on any atom is -0.369 e. The second kappa shape index (κ2) is 8.25. The van der Waals surface area contributed by atoms with E-state index < -0.39 is 21.5 Å². The van der Waals surface area contributed by atoms with Gasteiger partial charge in [-0.15, -0.1) is 5.10 Å². The van der Waals surface area contributed by atoms with Crippen molar-refractivity contribution in [1.82, 2.24) is 19.7 Å². The first-order chi connectivity index (χ1) is 13.4. The molecule has 0 saturated carbocycles. The van der Waals surface area contributed by atoms with Crippen LogP contribution >= 0.6 is 0 Å². The Kier molecular flexibility index (Phi) is 5.78. The molecular formula is C17H17N5O5S. The van der Waals surface area contributed by atoms with Crippen molar-refractivity contribution in [1.29, 1.82) is 0 Å². The SMILES string of the molecule is COCNS(=O)(=O)c1ccc(NC(=O)Cn2nnc3ccccc3c2=O)cc1. The third-order valence-corrected chi connectivity index (χ3v) is 5.16. The standard InChI is InChI=1S/C17H17N5O5S/c1-27-11-18-28(25,26)13-8-6-12(7-9-13)19-16(23)10-22-17(24)14-4-2-3-5-15(14)20-21-22/h2-9,18H,10-11H2,1H3,(H,19,23). The molecule has 3 rings (SSSR count). The van der Waals surface area contributed by atoms with Gasteiger partial charge in [0, 0.05) is 12.8 Å². The third-order valence-electron chi connectivity index (χ3n) is 3.76. The molecule has 0 bridgehead atoms. The van der Waals surface area contributed by atoms with E-state index in [1.807, 2.05) is 0 Å². The molecule has 0 aliphatic rings. The number of benzene rings is 2. The van der Waals surface area contributed by atoms with Crippen LogP contribution in [0, 0.1) is 0 Å². The molecule has 11 heteroatoms. The number of hydrogen-bond acceptors (Lipinski definition) is 7. The van der Waals surface area contributed by atoms with E-state index in [0.717, 1.165) is 4.68 Å². The Morgan fingerprint density at radius 2 is 1.86 bits per heavy atom. The average Bonchev–Trinajstić information content (AvgIpc) is 2.69. The fourth-order valence-corrected chi connectivity index (χ4v) is 3.33. The lowest BCUT2D eigenvalue weighted by Crippen LogP contribution is -2.30. The first-order valence-corrected chi connectivity index (χ1v) is 9.60. The number of amides is 1. The average molecular weight is 403 g/mol. The molecule has 1 heterocycles. The Hall–Kier alpha value is -3.15. The number of anilines is 1. The Morgan fingerprint density at radius 3 is 2.57 bits per heavy atom. The first kappa shape index (κ1) is 19.6. The minimum absolute atomic E-state index is 0.0270. The van der Waals surface area contributed by atoms with Gasteiger partial charge in [-0.05, 0) is 36.4 Å². The van der Waals surface area contributed by atoms with Crippen LogP contribution < -0.4 is 15.6 Å².